The lowest BCUT2D eigenvalue weighted by Crippen LogP contribution is -2.36. The summed E-state index contributed by atoms with van der Waals surface area (Å²) in [6.07, 6.45) is 3.25. The van der Waals surface area contributed by atoms with Crippen molar-refractivity contribution in [1.82, 2.24) is 15.6 Å². The minimum Gasteiger partial charge on any atom is -0.439 e. The summed E-state index contributed by atoms with van der Waals surface area (Å²) >= 11 is 0. The molecule has 0 saturated carbocycles. The van der Waals surface area contributed by atoms with Gasteiger partial charge in [-0.25, -0.2) is 9.37 Å². The smallest absolute Gasteiger partial charge is 0.227 e. The first kappa shape index (κ1) is 22.3. The quantitative estimate of drug-likeness (QED) is 0.423. The molecule has 0 spiro atoms. The van der Waals surface area contributed by atoms with Crippen LogP contribution in [-0.4, -0.2) is 30.4 Å². The van der Waals surface area contributed by atoms with Crippen molar-refractivity contribution in [3.05, 3.63) is 83.8 Å². The van der Waals surface area contributed by atoms with Gasteiger partial charge in [-0.1, -0.05) is 24.3 Å². The number of carbonyl (C=O) groups is 1. The van der Waals surface area contributed by atoms with E-state index in [0.717, 1.165) is 29.8 Å². The van der Waals surface area contributed by atoms with Gasteiger partial charge in [0.25, 0.3) is 0 Å². The van der Waals surface area contributed by atoms with E-state index in [-0.39, 0.29) is 11.7 Å². The lowest BCUT2D eigenvalue weighted by Gasteiger charge is -2.16. The first-order valence-electron chi connectivity index (χ1n) is 10.8. The van der Waals surface area contributed by atoms with Gasteiger partial charge in [0.15, 0.2) is 5.96 Å². The van der Waals surface area contributed by atoms with Gasteiger partial charge in [-0.15, -0.1) is 0 Å². The molecule has 1 aliphatic rings. The summed E-state index contributed by atoms with van der Waals surface area (Å²) in [7, 11) is 1.71. The zero-order valence-electron chi connectivity index (χ0n) is 18.4. The third kappa shape index (κ3) is 6.06. The molecule has 8 heteroatoms. The van der Waals surface area contributed by atoms with Gasteiger partial charge in [-0.05, 0) is 41.8 Å². The van der Waals surface area contributed by atoms with Gasteiger partial charge in [-0.3, -0.25) is 9.79 Å². The second-order valence-electron chi connectivity index (χ2n) is 7.66. The zero-order chi connectivity index (χ0) is 23.0. The van der Waals surface area contributed by atoms with E-state index in [2.05, 4.69) is 20.6 Å². The van der Waals surface area contributed by atoms with Crippen LogP contribution in [0.4, 0.5) is 10.1 Å². The molecule has 2 N–H and O–H groups in total. The van der Waals surface area contributed by atoms with E-state index in [1.165, 1.54) is 12.1 Å². The number of benzene rings is 2. The second-order valence-corrected chi connectivity index (χ2v) is 7.66. The minimum atomic E-state index is -0.357. The summed E-state index contributed by atoms with van der Waals surface area (Å²) in [5.74, 6) is 1.29. The zero-order valence-corrected chi connectivity index (χ0v) is 18.4. The number of halogens is 1. The first-order chi connectivity index (χ1) is 16.1. The van der Waals surface area contributed by atoms with Gasteiger partial charge in [0.05, 0.1) is 0 Å². The molecule has 0 radical (unpaired) electrons. The van der Waals surface area contributed by atoms with Crippen molar-refractivity contribution in [3.63, 3.8) is 0 Å². The number of hydrogen-bond acceptors (Lipinski definition) is 4. The number of nitrogens with one attached hydrogen (secondary N) is 2. The van der Waals surface area contributed by atoms with E-state index >= 15 is 0 Å². The Kier molecular flexibility index (Phi) is 7.14. The average Bonchev–Trinajstić information content (AvgIpc) is 3.26. The monoisotopic (exact) mass is 447 g/mol. The van der Waals surface area contributed by atoms with E-state index in [0.29, 0.717) is 37.1 Å². The standard InChI is InChI=1S/C25H26FN5O2/c1-27-25(29-15-18-7-10-21(11-8-18)31-13-3-6-24(31)32)30-17-19-9-12-23(28-16-19)33-22-5-2-4-20(26)14-22/h2,4-5,7-12,14,16H,3,6,13,15,17H2,1H3,(H2,27,29,30). The SMILES string of the molecule is CN=C(NCc1ccc(N2CCCC2=O)cc1)NCc1ccc(Oc2cccc(F)c2)nc1. The van der Waals surface area contributed by atoms with Crippen LogP contribution in [0.5, 0.6) is 11.6 Å². The van der Waals surface area contributed by atoms with Crippen molar-refractivity contribution < 1.29 is 13.9 Å². The normalized spacial score (nSPS) is 13.8. The van der Waals surface area contributed by atoms with E-state index in [9.17, 15) is 9.18 Å². The number of amides is 1. The molecule has 170 valence electrons. The van der Waals surface area contributed by atoms with Crippen LogP contribution in [0.25, 0.3) is 0 Å². The third-order valence-electron chi connectivity index (χ3n) is 5.28. The topological polar surface area (TPSA) is 78.9 Å². The molecule has 0 bridgehead atoms. The second kappa shape index (κ2) is 10.6. The van der Waals surface area contributed by atoms with E-state index in [1.54, 1.807) is 31.4 Å². The Labute approximate surface area is 192 Å². The highest BCUT2D eigenvalue weighted by Crippen LogP contribution is 2.22. The molecule has 1 saturated heterocycles. The molecule has 1 aromatic heterocycles. The number of guanidine groups is 1. The molecule has 2 aromatic carbocycles. The summed E-state index contributed by atoms with van der Waals surface area (Å²) < 4.78 is 18.8. The fourth-order valence-corrected chi connectivity index (χ4v) is 3.53. The lowest BCUT2D eigenvalue weighted by molar-refractivity contribution is -0.117. The molecule has 1 amide bonds. The summed E-state index contributed by atoms with van der Waals surface area (Å²) in [4.78, 5) is 22.2. The number of ether oxygens (including phenoxy) is 1. The lowest BCUT2D eigenvalue weighted by atomic mass is 10.2. The van der Waals surface area contributed by atoms with Crippen LogP contribution >= 0.6 is 0 Å². The van der Waals surface area contributed by atoms with Gasteiger partial charge in [0, 0.05) is 57.1 Å². The fraction of sp³-hybridized carbons (Fsp3) is 0.240. The van der Waals surface area contributed by atoms with E-state index < -0.39 is 0 Å². The van der Waals surface area contributed by atoms with E-state index in [4.69, 9.17) is 4.74 Å². The number of aromatic nitrogens is 1. The highest BCUT2D eigenvalue weighted by Gasteiger charge is 2.21. The Hall–Kier alpha value is -3.94. The number of carbonyl (C=O) groups excluding carboxylic acids is 1. The summed E-state index contributed by atoms with van der Waals surface area (Å²) in [5.41, 5.74) is 2.99. The Bertz CT molecular complexity index is 1120. The molecular weight excluding hydrogens is 421 g/mol. The summed E-state index contributed by atoms with van der Waals surface area (Å²) in [5, 5.41) is 6.53. The minimum absolute atomic E-state index is 0.188. The molecule has 33 heavy (non-hydrogen) atoms. The Morgan fingerprint density at radius 1 is 1.09 bits per heavy atom. The Morgan fingerprint density at radius 3 is 2.48 bits per heavy atom. The fourth-order valence-electron chi connectivity index (χ4n) is 3.53. The van der Waals surface area contributed by atoms with Crippen LogP contribution in [-0.2, 0) is 17.9 Å². The number of rotatable bonds is 7. The number of hydrogen-bond donors (Lipinski definition) is 2. The van der Waals surface area contributed by atoms with Crippen molar-refractivity contribution >= 4 is 17.6 Å². The Morgan fingerprint density at radius 2 is 1.85 bits per heavy atom. The molecule has 1 aliphatic heterocycles. The molecule has 0 unspecified atom stereocenters. The number of pyridine rings is 1. The highest BCUT2D eigenvalue weighted by molar-refractivity contribution is 5.95. The van der Waals surface area contributed by atoms with Crippen molar-refractivity contribution in [3.8, 4) is 11.6 Å². The van der Waals surface area contributed by atoms with Crippen LogP contribution < -0.4 is 20.3 Å². The van der Waals surface area contributed by atoms with Crippen LogP contribution in [0.2, 0.25) is 0 Å². The number of anilines is 1. The third-order valence-corrected chi connectivity index (χ3v) is 5.28. The van der Waals surface area contributed by atoms with Crippen molar-refractivity contribution in [2.75, 3.05) is 18.5 Å². The van der Waals surface area contributed by atoms with Crippen LogP contribution in [0, 0.1) is 5.82 Å². The molecule has 3 aromatic rings. The molecule has 7 nitrogen and oxygen atoms in total. The maximum Gasteiger partial charge on any atom is 0.227 e. The van der Waals surface area contributed by atoms with Gasteiger partial charge in [0.1, 0.15) is 11.6 Å². The number of nitrogens with zero attached hydrogens (tertiary/aromatic N) is 3. The van der Waals surface area contributed by atoms with Gasteiger partial charge < -0.3 is 20.3 Å². The molecular formula is C25H26FN5O2. The summed E-state index contributed by atoms with van der Waals surface area (Å²) in [6.45, 7) is 1.93. The maximum absolute atomic E-state index is 13.3. The van der Waals surface area contributed by atoms with Crippen molar-refractivity contribution in [1.29, 1.82) is 0 Å². The van der Waals surface area contributed by atoms with Crippen LogP contribution in [0.3, 0.4) is 0 Å². The van der Waals surface area contributed by atoms with Crippen LogP contribution in [0.15, 0.2) is 71.9 Å². The maximum atomic E-state index is 13.3. The van der Waals surface area contributed by atoms with Gasteiger partial charge >= 0.3 is 0 Å². The van der Waals surface area contributed by atoms with Gasteiger partial charge in [-0.2, -0.15) is 0 Å². The van der Waals surface area contributed by atoms with Crippen molar-refractivity contribution in [2.24, 2.45) is 4.99 Å². The summed E-state index contributed by atoms with van der Waals surface area (Å²) in [6, 6.07) is 17.6. The average molecular weight is 448 g/mol. The Balaban J connectivity index is 1.25. The largest absolute Gasteiger partial charge is 0.439 e. The molecule has 2 heterocycles. The van der Waals surface area contributed by atoms with Crippen molar-refractivity contribution in [2.45, 2.75) is 25.9 Å². The molecule has 0 atom stereocenters. The number of aliphatic imine (C=N–C) groups is 1. The molecule has 0 aliphatic carbocycles. The first-order valence-corrected chi connectivity index (χ1v) is 10.8. The highest BCUT2D eigenvalue weighted by atomic mass is 19.1. The predicted molar refractivity (Wildman–Crippen MR) is 126 cm³/mol. The van der Waals surface area contributed by atoms with Gasteiger partial charge in [0.2, 0.25) is 11.8 Å². The van der Waals surface area contributed by atoms with Crippen LogP contribution in [0.1, 0.15) is 24.0 Å². The van der Waals surface area contributed by atoms with E-state index in [1.807, 2.05) is 35.2 Å². The molecule has 4 rings (SSSR count). The predicted octanol–water partition coefficient (Wildman–Crippen LogP) is 4.01. The molecule has 1 fully saturated rings.